The molecule has 88 valence electrons. The molecule has 0 spiro atoms. The zero-order valence-corrected chi connectivity index (χ0v) is 9.39. The van der Waals surface area contributed by atoms with Crippen LogP contribution in [0.15, 0.2) is 23.3 Å². The van der Waals surface area contributed by atoms with E-state index in [0.29, 0.717) is 12.1 Å². The zero-order chi connectivity index (χ0) is 12.7. The summed E-state index contributed by atoms with van der Waals surface area (Å²) in [4.78, 5) is 2.59. The molecule has 1 aromatic rings. The summed E-state index contributed by atoms with van der Waals surface area (Å²) in [7, 11) is 0. The van der Waals surface area contributed by atoms with Gasteiger partial charge < -0.3 is 0 Å². The number of hydrogen-bond donors (Lipinski definition) is 1. The van der Waals surface area contributed by atoms with Crippen molar-refractivity contribution >= 4 is 0 Å². The van der Waals surface area contributed by atoms with E-state index in [4.69, 9.17) is 10.8 Å². The molecule has 0 aromatic heterocycles. The Morgan fingerprint density at radius 1 is 1.65 bits per heavy atom. The van der Waals surface area contributed by atoms with Gasteiger partial charge >= 0.3 is 0 Å². The lowest BCUT2D eigenvalue weighted by Crippen LogP contribution is -2.23. The monoisotopic (exact) mass is 233 g/mol. The highest BCUT2D eigenvalue weighted by molar-refractivity contribution is 5.30. The highest BCUT2D eigenvalue weighted by Gasteiger charge is 2.14. The minimum Gasteiger partial charge on any atom is -0.298 e. The maximum atomic E-state index is 13.5. The lowest BCUT2D eigenvalue weighted by Gasteiger charge is -2.12. The first-order valence-corrected chi connectivity index (χ1v) is 5.09. The largest absolute Gasteiger partial charge is 0.298 e. The molecule has 0 amide bonds. The zero-order valence-electron chi connectivity index (χ0n) is 9.39. The van der Waals surface area contributed by atoms with Gasteiger partial charge in [0.25, 0.3) is 0 Å². The summed E-state index contributed by atoms with van der Waals surface area (Å²) < 4.78 is 13.5. The molecule has 1 unspecified atom stereocenters. The number of halogens is 1. The van der Waals surface area contributed by atoms with Crippen LogP contribution in [0, 0.1) is 24.1 Å². The van der Waals surface area contributed by atoms with Crippen LogP contribution in [-0.4, -0.2) is 13.1 Å². The van der Waals surface area contributed by atoms with Crippen molar-refractivity contribution in [2.75, 3.05) is 13.1 Å². The van der Waals surface area contributed by atoms with E-state index in [1.165, 1.54) is 6.07 Å². The topological polar surface area (TPSA) is 84.6 Å². The number of benzene rings is 1. The van der Waals surface area contributed by atoms with E-state index < -0.39 is 11.9 Å². The van der Waals surface area contributed by atoms with Gasteiger partial charge in [0.15, 0.2) is 0 Å². The van der Waals surface area contributed by atoms with Crippen LogP contribution < -0.4 is 5.32 Å². The van der Waals surface area contributed by atoms with Crippen LogP contribution in [0.3, 0.4) is 0 Å². The third-order valence-corrected chi connectivity index (χ3v) is 2.22. The van der Waals surface area contributed by atoms with Gasteiger partial charge in [0, 0.05) is 23.6 Å². The van der Waals surface area contributed by atoms with Crippen LogP contribution in [0.4, 0.5) is 4.39 Å². The van der Waals surface area contributed by atoms with Gasteiger partial charge in [-0.2, -0.15) is 5.26 Å². The fraction of sp³-hybridized carbons (Fsp3) is 0.364. The van der Waals surface area contributed by atoms with Crippen LogP contribution in [0.25, 0.3) is 10.4 Å². The Bertz CT molecular complexity index is 473. The molecule has 1 N–H and O–H groups in total. The Labute approximate surface area is 98.5 Å². The van der Waals surface area contributed by atoms with E-state index in [-0.39, 0.29) is 6.54 Å². The van der Waals surface area contributed by atoms with Crippen LogP contribution in [-0.2, 0) is 0 Å². The lowest BCUT2D eigenvalue weighted by molar-refractivity contribution is 0.564. The SMILES string of the molecule is Cc1ccc(F)c(C(C#N)NCCN=[N+]=[N-])c1. The third kappa shape index (κ3) is 3.76. The number of nitrogens with one attached hydrogen (secondary N) is 1. The van der Waals surface area contributed by atoms with Crippen molar-refractivity contribution in [2.45, 2.75) is 13.0 Å². The number of hydrogen-bond acceptors (Lipinski definition) is 3. The van der Waals surface area contributed by atoms with Gasteiger partial charge in [-0.1, -0.05) is 22.8 Å². The number of aryl methyl sites for hydroxylation is 1. The molecule has 0 aliphatic carbocycles. The summed E-state index contributed by atoms with van der Waals surface area (Å²) in [5.74, 6) is -0.418. The Kier molecular flexibility index (Phi) is 4.95. The Balaban J connectivity index is 2.76. The van der Waals surface area contributed by atoms with Gasteiger partial charge in [0.05, 0.1) is 6.07 Å². The Morgan fingerprint density at radius 3 is 3.06 bits per heavy atom. The third-order valence-electron chi connectivity index (χ3n) is 2.22. The van der Waals surface area contributed by atoms with Gasteiger partial charge in [-0.15, -0.1) is 0 Å². The second kappa shape index (κ2) is 6.48. The predicted molar refractivity (Wildman–Crippen MR) is 61.5 cm³/mol. The summed E-state index contributed by atoms with van der Waals surface area (Å²) in [5.41, 5.74) is 9.29. The van der Waals surface area contributed by atoms with Gasteiger partial charge in [0.2, 0.25) is 0 Å². The Morgan fingerprint density at radius 2 is 2.41 bits per heavy atom. The molecular formula is C11H12FN5. The molecule has 1 atom stereocenters. The second-order valence-electron chi connectivity index (χ2n) is 3.50. The van der Waals surface area contributed by atoms with Crippen molar-refractivity contribution in [2.24, 2.45) is 5.11 Å². The van der Waals surface area contributed by atoms with E-state index >= 15 is 0 Å². The van der Waals surface area contributed by atoms with Crippen molar-refractivity contribution in [1.29, 1.82) is 5.26 Å². The van der Waals surface area contributed by atoms with Gasteiger partial charge in [-0.25, -0.2) is 4.39 Å². The van der Waals surface area contributed by atoms with Gasteiger partial charge in [-0.05, 0) is 18.5 Å². The fourth-order valence-electron chi connectivity index (χ4n) is 1.41. The summed E-state index contributed by atoms with van der Waals surface area (Å²) in [5, 5.41) is 15.1. The van der Waals surface area contributed by atoms with Crippen LogP contribution in [0.5, 0.6) is 0 Å². The molecule has 5 nitrogen and oxygen atoms in total. The van der Waals surface area contributed by atoms with Crippen LogP contribution in [0.2, 0.25) is 0 Å². The van der Waals surface area contributed by atoms with E-state index in [1.807, 2.05) is 13.0 Å². The van der Waals surface area contributed by atoms with Crippen molar-refractivity contribution < 1.29 is 4.39 Å². The minimum atomic E-state index is -0.733. The number of nitriles is 1. The summed E-state index contributed by atoms with van der Waals surface area (Å²) >= 11 is 0. The summed E-state index contributed by atoms with van der Waals surface area (Å²) in [6, 6.07) is 5.86. The average Bonchev–Trinajstić information content (AvgIpc) is 2.33. The van der Waals surface area contributed by atoms with Crippen molar-refractivity contribution in [3.05, 3.63) is 45.6 Å². The normalized spacial score (nSPS) is 11.4. The van der Waals surface area contributed by atoms with Crippen molar-refractivity contribution in [3.63, 3.8) is 0 Å². The van der Waals surface area contributed by atoms with Crippen molar-refractivity contribution in [3.8, 4) is 6.07 Å². The molecular weight excluding hydrogens is 221 g/mol. The number of nitrogens with zero attached hydrogens (tertiary/aromatic N) is 4. The van der Waals surface area contributed by atoms with E-state index in [0.717, 1.165) is 5.56 Å². The molecule has 0 fully saturated rings. The van der Waals surface area contributed by atoms with Crippen LogP contribution in [0.1, 0.15) is 17.2 Å². The summed E-state index contributed by atoms with van der Waals surface area (Å²) in [6.07, 6.45) is 0. The predicted octanol–water partition coefficient (Wildman–Crippen LogP) is 2.60. The molecule has 1 aromatic carbocycles. The molecule has 0 heterocycles. The minimum absolute atomic E-state index is 0.224. The number of azide groups is 1. The molecule has 0 saturated carbocycles. The molecule has 0 saturated heterocycles. The maximum absolute atomic E-state index is 13.5. The van der Waals surface area contributed by atoms with E-state index in [1.54, 1.807) is 12.1 Å². The Hall–Kier alpha value is -2.09. The molecule has 0 aliphatic heterocycles. The highest BCUT2D eigenvalue weighted by Crippen LogP contribution is 2.17. The average molecular weight is 233 g/mol. The van der Waals surface area contributed by atoms with Crippen molar-refractivity contribution in [1.82, 2.24) is 5.32 Å². The highest BCUT2D eigenvalue weighted by atomic mass is 19.1. The molecule has 0 bridgehead atoms. The first-order valence-electron chi connectivity index (χ1n) is 5.09. The standard InChI is InChI=1S/C11H12FN5/c1-8-2-3-10(12)9(6-8)11(7-13)15-4-5-16-17-14/h2-3,6,11,15H,4-5H2,1H3. The molecule has 1 rings (SSSR count). The molecule has 0 aliphatic rings. The van der Waals surface area contributed by atoms with E-state index in [9.17, 15) is 4.39 Å². The second-order valence-corrected chi connectivity index (χ2v) is 3.50. The summed E-state index contributed by atoms with van der Waals surface area (Å²) in [6.45, 7) is 2.38. The smallest absolute Gasteiger partial charge is 0.129 e. The number of rotatable bonds is 5. The van der Waals surface area contributed by atoms with Crippen LogP contribution >= 0.6 is 0 Å². The van der Waals surface area contributed by atoms with Gasteiger partial charge in [-0.3, -0.25) is 5.32 Å². The van der Waals surface area contributed by atoms with Gasteiger partial charge in [0.1, 0.15) is 11.9 Å². The maximum Gasteiger partial charge on any atom is 0.129 e. The lowest BCUT2D eigenvalue weighted by atomic mass is 10.0. The molecule has 0 radical (unpaired) electrons. The first-order chi connectivity index (χ1) is 8.19. The molecule has 6 heteroatoms. The first kappa shape index (κ1) is 13.0. The van der Waals surface area contributed by atoms with E-state index in [2.05, 4.69) is 15.3 Å². The fourth-order valence-corrected chi connectivity index (χ4v) is 1.41. The molecule has 17 heavy (non-hydrogen) atoms. The quantitative estimate of drug-likeness (QED) is 0.367.